The van der Waals surface area contributed by atoms with Crippen LogP contribution in [0.5, 0.6) is 0 Å². The molecule has 0 bridgehead atoms. The van der Waals surface area contributed by atoms with Gasteiger partial charge in [-0.1, -0.05) is 18.7 Å². The monoisotopic (exact) mass is 330 g/mol. The van der Waals surface area contributed by atoms with Gasteiger partial charge in [-0.2, -0.15) is 0 Å². The van der Waals surface area contributed by atoms with Gasteiger partial charge in [0, 0.05) is 9.14 Å². The molecule has 0 aliphatic rings. The molecule has 3 heteroatoms. The molecule has 0 saturated heterocycles. The second-order valence-corrected chi connectivity index (χ2v) is 5.00. The zero-order valence-corrected chi connectivity index (χ0v) is 11.9. The Balaban J connectivity index is 2.81. The van der Waals surface area contributed by atoms with Crippen LogP contribution in [0.25, 0.3) is 0 Å². The number of carbonyl (C=O) groups is 1. The molecule has 0 spiro atoms. The number of halogens is 1. The first-order chi connectivity index (χ1) is 7.41. The van der Waals surface area contributed by atoms with Crippen LogP contribution in [0, 0.1) is 10.5 Å². The summed E-state index contributed by atoms with van der Waals surface area (Å²) in [6.07, 6.45) is -0.236. The fraction of sp³-hybridized carbons (Fsp3) is 0.308. The first-order valence-electron chi connectivity index (χ1n) is 5.04. The van der Waals surface area contributed by atoms with E-state index < -0.39 is 0 Å². The molecule has 1 atom stereocenters. The van der Waals surface area contributed by atoms with Crippen LogP contribution in [0.1, 0.15) is 31.1 Å². The van der Waals surface area contributed by atoms with Gasteiger partial charge in [0.15, 0.2) is 0 Å². The maximum absolute atomic E-state index is 11.4. The second-order valence-electron chi connectivity index (χ2n) is 3.84. The minimum atomic E-state index is -0.344. The van der Waals surface area contributed by atoms with Crippen LogP contribution >= 0.6 is 22.6 Å². The first kappa shape index (κ1) is 13.2. The van der Waals surface area contributed by atoms with Crippen molar-refractivity contribution in [3.63, 3.8) is 0 Å². The lowest BCUT2D eigenvalue weighted by molar-refractivity contribution is -0.143. The third-order valence-corrected chi connectivity index (χ3v) is 3.49. The summed E-state index contributed by atoms with van der Waals surface area (Å²) in [7, 11) is 0. The highest BCUT2D eigenvalue weighted by molar-refractivity contribution is 14.1. The predicted molar refractivity (Wildman–Crippen MR) is 73.2 cm³/mol. The van der Waals surface area contributed by atoms with Crippen molar-refractivity contribution in [2.24, 2.45) is 0 Å². The van der Waals surface area contributed by atoms with E-state index in [0.717, 1.165) is 5.56 Å². The van der Waals surface area contributed by atoms with Gasteiger partial charge >= 0.3 is 5.97 Å². The van der Waals surface area contributed by atoms with E-state index in [-0.39, 0.29) is 12.1 Å². The molecule has 1 aromatic carbocycles. The van der Waals surface area contributed by atoms with Crippen molar-refractivity contribution in [1.29, 1.82) is 0 Å². The van der Waals surface area contributed by atoms with Crippen LogP contribution in [0.4, 0.5) is 0 Å². The minimum Gasteiger partial charge on any atom is -0.454 e. The Kier molecular flexibility index (Phi) is 4.53. The van der Waals surface area contributed by atoms with Gasteiger partial charge in [-0.15, -0.1) is 0 Å². The SMILES string of the molecule is C=C(C)C(=O)OC(C)c1ccc(I)c(C)c1. The van der Waals surface area contributed by atoms with Crippen molar-refractivity contribution >= 4 is 28.6 Å². The molecule has 0 fully saturated rings. The summed E-state index contributed by atoms with van der Waals surface area (Å²) in [6.45, 7) is 9.11. The Bertz CT molecular complexity index is 424. The molecule has 2 nitrogen and oxygen atoms in total. The number of ether oxygens (including phenoxy) is 1. The third kappa shape index (κ3) is 3.33. The summed E-state index contributed by atoms with van der Waals surface area (Å²) in [6, 6.07) is 6.04. The topological polar surface area (TPSA) is 26.3 Å². The summed E-state index contributed by atoms with van der Waals surface area (Å²) in [5, 5.41) is 0. The molecule has 0 heterocycles. The van der Waals surface area contributed by atoms with Crippen molar-refractivity contribution < 1.29 is 9.53 Å². The highest BCUT2D eigenvalue weighted by atomic mass is 127. The molecular weight excluding hydrogens is 315 g/mol. The predicted octanol–water partition coefficient (Wildman–Crippen LogP) is 3.78. The molecule has 1 rings (SSSR count). The zero-order chi connectivity index (χ0) is 12.3. The van der Waals surface area contributed by atoms with Gasteiger partial charge in [-0.25, -0.2) is 4.79 Å². The Morgan fingerprint density at radius 3 is 2.62 bits per heavy atom. The molecule has 86 valence electrons. The van der Waals surface area contributed by atoms with Crippen molar-refractivity contribution in [2.75, 3.05) is 0 Å². The number of aryl methyl sites for hydroxylation is 1. The quantitative estimate of drug-likeness (QED) is 0.479. The van der Waals surface area contributed by atoms with Gasteiger partial charge in [0.25, 0.3) is 0 Å². The average molecular weight is 330 g/mol. The van der Waals surface area contributed by atoms with Gasteiger partial charge < -0.3 is 4.74 Å². The van der Waals surface area contributed by atoms with Gasteiger partial charge in [0.05, 0.1) is 0 Å². The zero-order valence-electron chi connectivity index (χ0n) is 9.71. The number of esters is 1. The Morgan fingerprint density at radius 1 is 1.50 bits per heavy atom. The Labute approximate surface area is 110 Å². The first-order valence-corrected chi connectivity index (χ1v) is 6.12. The van der Waals surface area contributed by atoms with Crippen molar-refractivity contribution in [3.8, 4) is 0 Å². The van der Waals surface area contributed by atoms with E-state index >= 15 is 0 Å². The fourth-order valence-corrected chi connectivity index (χ4v) is 1.59. The maximum atomic E-state index is 11.4. The van der Waals surface area contributed by atoms with Crippen LogP contribution < -0.4 is 0 Å². The molecular formula is C13H15IO2. The van der Waals surface area contributed by atoms with Crippen LogP contribution in [0.2, 0.25) is 0 Å². The maximum Gasteiger partial charge on any atom is 0.333 e. The van der Waals surface area contributed by atoms with E-state index in [0.29, 0.717) is 5.57 Å². The molecule has 0 aliphatic carbocycles. The third-order valence-electron chi connectivity index (χ3n) is 2.28. The van der Waals surface area contributed by atoms with Gasteiger partial charge in [0.2, 0.25) is 0 Å². The molecule has 0 amide bonds. The molecule has 0 N–H and O–H groups in total. The fourth-order valence-electron chi connectivity index (χ4n) is 1.25. The number of hydrogen-bond acceptors (Lipinski definition) is 2. The standard InChI is InChI=1S/C13H15IO2/c1-8(2)13(15)16-10(4)11-5-6-12(14)9(3)7-11/h5-7,10H,1H2,2-4H3. The van der Waals surface area contributed by atoms with Gasteiger partial charge in [-0.05, 0) is 60.6 Å². The average Bonchev–Trinajstić information content (AvgIpc) is 2.21. The molecule has 1 unspecified atom stereocenters. The molecule has 16 heavy (non-hydrogen) atoms. The molecule has 0 radical (unpaired) electrons. The van der Waals surface area contributed by atoms with Crippen LogP contribution in [-0.4, -0.2) is 5.97 Å². The summed E-state index contributed by atoms with van der Waals surface area (Å²) >= 11 is 2.28. The number of carbonyl (C=O) groups excluding carboxylic acids is 1. The van der Waals surface area contributed by atoms with E-state index in [1.54, 1.807) is 6.92 Å². The number of rotatable bonds is 3. The van der Waals surface area contributed by atoms with Crippen molar-refractivity contribution in [2.45, 2.75) is 26.9 Å². The smallest absolute Gasteiger partial charge is 0.333 e. The van der Waals surface area contributed by atoms with Gasteiger partial charge in [-0.3, -0.25) is 0 Å². The van der Waals surface area contributed by atoms with Crippen LogP contribution in [0.3, 0.4) is 0 Å². The van der Waals surface area contributed by atoms with E-state index in [4.69, 9.17) is 4.74 Å². The lowest BCUT2D eigenvalue weighted by Gasteiger charge is -2.14. The van der Waals surface area contributed by atoms with E-state index in [1.165, 1.54) is 9.13 Å². The Hall–Kier alpha value is -0.840. The van der Waals surface area contributed by atoms with E-state index in [2.05, 4.69) is 29.2 Å². The second kappa shape index (κ2) is 5.48. The largest absolute Gasteiger partial charge is 0.454 e. The van der Waals surface area contributed by atoms with E-state index in [9.17, 15) is 4.79 Å². The Morgan fingerprint density at radius 2 is 2.12 bits per heavy atom. The lowest BCUT2D eigenvalue weighted by Crippen LogP contribution is -2.09. The molecule has 0 aromatic heterocycles. The van der Waals surface area contributed by atoms with Crippen LogP contribution in [0.15, 0.2) is 30.4 Å². The summed E-state index contributed by atoms with van der Waals surface area (Å²) < 4.78 is 6.46. The van der Waals surface area contributed by atoms with Gasteiger partial charge in [0.1, 0.15) is 6.10 Å². The highest BCUT2D eigenvalue weighted by Crippen LogP contribution is 2.21. The molecule has 0 aliphatic heterocycles. The lowest BCUT2D eigenvalue weighted by atomic mass is 10.1. The highest BCUT2D eigenvalue weighted by Gasteiger charge is 2.12. The van der Waals surface area contributed by atoms with E-state index in [1.807, 2.05) is 32.0 Å². The normalized spacial score (nSPS) is 12.0. The van der Waals surface area contributed by atoms with Crippen LogP contribution in [-0.2, 0) is 9.53 Å². The van der Waals surface area contributed by atoms with Crippen molar-refractivity contribution in [3.05, 3.63) is 45.0 Å². The minimum absolute atomic E-state index is 0.236. The summed E-state index contributed by atoms with van der Waals surface area (Å²) in [5.41, 5.74) is 2.62. The number of benzene rings is 1. The number of hydrogen-bond donors (Lipinski definition) is 0. The van der Waals surface area contributed by atoms with Crippen molar-refractivity contribution in [1.82, 2.24) is 0 Å². The molecule has 1 aromatic rings. The summed E-state index contributed by atoms with van der Waals surface area (Å²) in [5.74, 6) is -0.344. The summed E-state index contributed by atoms with van der Waals surface area (Å²) in [4.78, 5) is 11.4. The molecule has 0 saturated carbocycles.